The number of oxazole rings is 1. The van der Waals surface area contributed by atoms with E-state index < -0.39 is 0 Å². The van der Waals surface area contributed by atoms with Gasteiger partial charge in [0.2, 0.25) is 0 Å². The Hall–Kier alpha value is -1.81. The van der Waals surface area contributed by atoms with Crippen molar-refractivity contribution in [3.63, 3.8) is 0 Å². The van der Waals surface area contributed by atoms with Crippen LogP contribution in [0.25, 0.3) is 0 Å². The molecule has 1 fully saturated rings. The fourth-order valence-corrected chi connectivity index (χ4v) is 1.83. The lowest BCUT2D eigenvalue weighted by Crippen LogP contribution is -2.15. The summed E-state index contributed by atoms with van der Waals surface area (Å²) in [6, 6.07) is 6.61. The van der Waals surface area contributed by atoms with Crippen LogP contribution in [0.4, 0.5) is 0 Å². The molecule has 1 aliphatic carbocycles. The molecule has 0 amide bonds. The minimum absolute atomic E-state index is 0.302. The summed E-state index contributed by atoms with van der Waals surface area (Å²) >= 11 is 0. The average molecular weight is 258 g/mol. The summed E-state index contributed by atoms with van der Waals surface area (Å²) in [7, 11) is 0. The first-order valence-electron chi connectivity index (χ1n) is 6.63. The molecule has 2 aromatic rings. The van der Waals surface area contributed by atoms with E-state index in [-0.39, 0.29) is 0 Å². The van der Waals surface area contributed by atoms with E-state index in [1.54, 1.807) is 6.26 Å². The van der Waals surface area contributed by atoms with Gasteiger partial charge in [0.1, 0.15) is 12.0 Å². The van der Waals surface area contributed by atoms with Gasteiger partial charge in [-0.3, -0.25) is 0 Å². The first-order valence-corrected chi connectivity index (χ1v) is 6.63. The molecule has 3 rings (SSSR count). The molecule has 0 radical (unpaired) electrons. The van der Waals surface area contributed by atoms with Crippen LogP contribution in [-0.2, 0) is 6.54 Å². The monoisotopic (exact) mass is 258 g/mol. The molecule has 1 aliphatic rings. The maximum atomic E-state index is 5.61. The van der Waals surface area contributed by atoms with Gasteiger partial charge in [0.15, 0.2) is 0 Å². The van der Waals surface area contributed by atoms with Crippen molar-refractivity contribution in [1.29, 1.82) is 0 Å². The number of nitrogens with one attached hydrogen (secondary N) is 1. The number of aromatic nitrogens is 1. The number of aryl methyl sites for hydroxylation is 2. The maximum Gasteiger partial charge on any atom is 0.399 e. The standard InChI is InChI=1S/C15H18N2O2/c1-10-3-6-14(7-11(10)2)19-15-17-13(9-18-15)8-16-12-4-5-12/h3,6-7,9,12,16H,4-5,8H2,1-2H3. The first kappa shape index (κ1) is 12.2. The summed E-state index contributed by atoms with van der Waals surface area (Å²) in [5, 5.41) is 3.39. The molecular formula is C15H18N2O2. The number of benzene rings is 1. The lowest BCUT2D eigenvalue weighted by atomic mass is 10.1. The lowest BCUT2D eigenvalue weighted by Gasteiger charge is -2.03. The molecule has 0 aliphatic heterocycles. The fourth-order valence-electron chi connectivity index (χ4n) is 1.83. The SMILES string of the molecule is Cc1ccc(Oc2nc(CNC3CC3)co2)cc1C. The molecule has 1 saturated carbocycles. The molecule has 100 valence electrons. The number of hydrogen-bond acceptors (Lipinski definition) is 4. The van der Waals surface area contributed by atoms with E-state index in [1.165, 1.54) is 24.0 Å². The molecule has 1 heterocycles. The van der Waals surface area contributed by atoms with Crippen LogP contribution in [0.2, 0.25) is 0 Å². The molecule has 0 spiro atoms. The Morgan fingerprint density at radius 3 is 2.89 bits per heavy atom. The van der Waals surface area contributed by atoms with Crippen LogP contribution in [0.3, 0.4) is 0 Å². The molecule has 0 saturated heterocycles. The van der Waals surface area contributed by atoms with Gasteiger partial charge < -0.3 is 14.5 Å². The van der Waals surface area contributed by atoms with Crippen LogP contribution in [0.1, 0.15) is 29.7 Å². The second-order valence-corrected chi connectivity index (χ2v) is 5.11. The van der Waals surface area contributed by atoms with Gasteiger partial charge in [0.05, 0.1) is 5.69 Å². The van der Waals surface area contributed by atoms with Gasteiger partial charge in [-0.1, -0.05) is 6.07 Å². The fraction of sp³-hybridized carbons (Fsp3) is 0.400. The van der Waals surface area contributed by atoms with Crippen LogP contribution in [0.15, 0.2) is 28.9 Å². The summed E-state index contributed by atoms with van der Waals surface area (Å²) in [6.07, 6.45) is 4.48. The van der Waals surface area contributed by atoms with Crippen LogP contribution >= 0.6 is 0 Å². The van der Waals surface area contributed by atoms with E-state index in [2.05, 4.69) is 24.1 Å². The summed E-state index contributed by atoms with van der Waals surface area (Å²) in [5.74, 6) is 0.756. The average Bonchev–Trinajstić information content (AvgIpc) is 3.12. The van der Waals surface area contributed by atoms with Gasteiger partial charge in [-0.15, -0.1) is 0 Å². The third-order valence-electron chi connectivity index (χ3n) is 3.36. The van der Waals surface area contributed by atoms with E-state index in [9.17, 15) is 0 Å². The van der Waals surface area contributed by atoms with Crippen molar-refractivity contribution in [2.45, 2.75) is 39.3 Å². The minimum Gasteiger partial charge on any atom is -0.417 e. The quantitative estimate of drug-likeness (QED) is 0.893. The number of hydrogen-bond donors (Lipinski definition) is 1. The molecule has 19 heavy (non-hydrogen) atoms. The number of rotatable bonds is 5. The molecule has 1 aromatic heterocycles. The zero-order valence-corrected chi connectivity index (χ0v) is 11.3. The Bertz CT molecular complexity index is 573. The maximum absolute atomic E-state index is 5.61. The van der Waals surface area contributed by atoms with Gasteiger partial charge in [-0.05, 0) is 49.9 Å². The van der Waals surface area contributed by atoms with Crippen molar-refractivity contribution < 1.29 is 9.15 Å². The molecular weight excluding hydrogens is 240 g/mol. The first-order chi connectivity index (χ1) is 9.20. The van der Waals surface area contributed by atoms with Crippen LogP contribution in [-0.4, -0.2) is 11.0 Å². The van der Waals surface area contributed by atoms with E-state index in [0.717, 1.165) is 18.0 Å². The van der Waals surface area contributed by atoms with Crippen LogP contribution < -0.4 is 10.1 Å². The second kappa shape index (κ2) is 5.05. The highest BCUT2D eigenvalue weighted by Gasteiger charge is 2.20. The van der Waals surface area contributed by atoms with E-state index in [4.69, 9.17) is 9.15 Å². The predicted molar refractivity (Wildman–Crippen MR) is 72.4 cm³/mol. The smallest absolute Gasteiger partial charge is 0.399 e. The molecule has 4 nitrogen and oxygen atoms in total. The zero-order chi connectivity index (χ0) is 13.2. The largest absolute Gasteiger partial charge is 0.417 e. The highest BCUT2D eigenvalue weighted by atomic mass is 16.6. The van der Waals surface area contributed by atoms with E-state index in [1.807, 2.05) is 18.2 Å². The van der Waals surface area contributed by atoms with Crippen molar-refractivity contribution in [3.05, 3.63) is 41.3 Å². The summed E-state index contributed by atoms with van der Waals surface area (Å²) in [6.45, 7) is 4.87. The molecule has 1 N–H and O–H groups in total. The number of ether oxygens (including phenoxy) is 1. The topological polar surface area (TPSA) is 47.3 Å². The van der Waals surface area contributed by atoms with Gasteiger partial charge >= 0.3 is 6.08 Å². The summed E-state index contributed by atoms with van der Waals surface area (Å²) in [4.78, 5) is 4.31. The lowest BCUT2D eigenvalue weighted by molar-refractivity contribution is 0.330. The summed E-state index contributed by atoms with van der Waals surface area (Å²) < 4.78 is 10.9. The molecule has 4 heteroatoms. The van der Waals surface area contributed by atoms with Crippen molar-refractivity contribution in [2.24, 2.45) is 0 Å². The zero-order valence-electron chi connectivity index (χ0n) is 11.3. The highest BCUT2D eigenvalue weighted by Crippen LogP contribution is 2.24. The number of nitrogens with zero attached hydrogens (tertiary/aromatic N) is 1. The molecule has 0 bridgehead atoms. The minimum atomic E-state index is 0.302. The molecule has 0 atom stereocenters. The predicted octanol–water partition coefficient (Wildman–Crippen LogP) is 3.34. The van der Waals surface area contributed by atoms with Crippen molar-refractivity contribution in [2.75, 3.05) is 0 Å². The van der Waals surface area contributed by atoms with Gasteiger partial charge in [-0.25, -0.2) is 0 Å². The van der Waals surface area contributed by atoms with Crippen LogP contribution in [0, 0.1) is 13.8 Å². The Kier molecular flexibility index (Phi) is 3.25. The van der Waals surface area contributed by atoms with Gasteiger partial charge in [0.25, 0.3) is 0 Å². The second-order valence-electron chi connectivity index (χ2n) is 5.11. The van der Waals surface area contributed by atoms with Gasteiger partial charge in [0, 0.05) is 12.6 Å². The van der Waals surface area contributed by atoms with Gasteiger partial charge in [-0.2, -0.15) is 4.98 Å². The third-order valence-corrected chi connectivity index (χ3v) is 3.36. The Balaban J connectivity index is 1.63. The van der Waals surface area contributed by atoms with E-state index in [0.29, 0.717) is 12.1 Å². The van der Waals surface area contributed by atoms with Crippen molar-refractivity contribution >= 4 is 0 Å². The molecule has 1 aromatic carbocycles. The Morgan fingerprint density at radius 1 is 1.32 bits per heavy atom. The summed E-state index contributed by atoms with van der Waals surface area (Å²) in [5.41, 5.74) is 3.32. The van der Waals surface area contributed by atoms with E-state index >= 15 is 0 Å². The van der Waals surface area contributed by atoms with Crippen LogP contribution in [0.5, 0.6) is 11.8 Å². The third kappa shape index (κ3) is 3.15. The highest BCUT2D eigenvalue weighted by molar-refractivity contribution is 5.34. The normalized spacial score (nSPS) is 14.6. The Labute approximate surface area is 112 Å². The molecule has 0 unspecified atom stereocenters. The van der Waals surface area contributed by atoms with Crippen molar-refractivity contribution in [1.82, 2.24) is 10.3 Å². The van der Waals surface area contributed by atoms with Crippen molar-refractivity contribution in [3.8, 4) is 11.8 Å². The Morgan fingerprint density at radius 2 is 2.16 bits per heavy atom.